The fourth-order valence-corrected chi connectivity index (χ4v) is 2.39. The highest BCUT2D eigenvalue weighted by molar-refractivity contribution is 14.1. The van der Waals surface area contributed by atoms with Gasteiger partial charge in [0.1, 0.15) is 5.75 Å². The van der Waals surface area contributed by atoms with Gasteiger partial charge in [-0.05, 0) is 59.9 Å². The number of hydrogen-bond acceptors (Lipinski definition) is 5. The van der Waals surface area contributed by atoms with Crippen molar-refractivity contribution in [2.75, 3.05) is 20.3 Å². The lowest BCUT2D eigenvalue weighted by molar-refractivity contribution is -0.122. The van der Waals surface area contributed by atoms with Crippen LogP contribution in [0.4, 0.5) is 0 Å². The first-order valence-electron chi connectivity index (χ1n) is 6.79. The number of methoxy groups -OCH3 is 1. The van der Waals surface area contributed by atoms with Crippen LogP contribution in [0.5, 0.6) is 5.75 Å². The van der Waals surface area contributed by atoms with Gasteiger partial charge in [0.25, 0.3) is 5.91 Å². The molecule has 23 heavy (non-hydrogen) atoms. The molecule has 7 nitrogen and oxygen atoms in total. The first-order valence-corrected chi connectivity index (χ1v) is 8.28. The van der Waals surface area contributed by atoms with Crippen molar-refractivity contribution in [3.05, 3.63) is 27.3 Å². The number of amides is 2. The number of hydrazine groups is 1. The highest BCUT2D eigenvalue weighted by Gasteiger charge is 2.11. The average molecular weight is 451 g/mol. The molecule has 0 aliphatic heterocycles. The van der Waals surface area contributed by atoms with Gasteiger partial charge in [-0.15, -0.1) is 0 Å². The predicted octanol–water partition coefficient (Wildman–Crippen LogP) is 1.36. The number of benzene rings is 1. The summed E-state index contributed by atoms with van der Waals surface area (Å²) in [5.74, 6) is 0.0186. The zero-order valence-electron chi connectivity index (χ0n) is 12.8. The molecule has 0 saturated carbocycles. The van der Waals surface area contributed by atoms with Crippen LogP contribution in [0, 0.1) is 3.57 Å². The van der Waals surface area contributed by atoms with Crippen molar-refractivity contribution in [3.63, 3.8) is 0 Å². The van der Waals surface area contributed by atoms with Crippen molar-refractivity contribution in [2.45, 2.75) is 13.3 Å². The Kier molecular flexibility index (Phi) is 8.81. The van der Waals surface area contributed by atoms with E-state index in [4.69, 9.17) is 21.7 Å². The van der Waals surface area contributed by atoms with Gasteiger partial charge >= 0.3 is 0 Å². The maximum atomic E-state index is 12.0. The Hall–Kier alpha value is -1.46. The van der Waals surface area contributed by atoms with E-state index in [9.17, 15) is 9.59 Å². The normalized spacial score (nSPS) is 9.87. The average Bonchev–Trinajstić information content (AvgIpc) is 2.53. The third kappa shape index (κ3) is 7.10. The lowest BCUT2D eigenvalue weighted by Gasteiger charge is -2.11. The van der Waals surface area contributed by atoms with E-state index in [0.717, 1.165) is 3.57 Å². The monoisotopic (exact) mass is 451 g/mol. The quantitative estimate of drug-likeness (QED) is 0.262. The summed E-state index contributed by atoms with van der Waals surface area (Å²) in [5.41, 5.74) is 5.28. The molecule has 0 spiro atoms. The zero-order chi connectivity index (χ0) is 17.2. The van der Waals surface area contributed by atoms with E-state index in [1.54, 1.807) is 25.3 Å². The van der Waals surface area contributed by atoms with Crippen LogP contribution in [0.1, 0.15) is 23.7 Å². The topological polar surface area (TPSA) is 88.7 Å². The molecule has 1 aromatic rings. The van der Waals surface area contributed by atoms with Gasteiger partial charge in [0, 0.05) is 12.2 Å². The number of hydrogen-bond donors (Lipinski definition) is 3. The molecule has 126 valence electrons. The molecule has 1 aromatic carbocycles. The lowest BCUT2D eigenvalue weighted by atomic mass is 10.2. The van der Waals surface area contributed by atoms with Gasteiger partial charge in [-0.25, -0.2) is 0 Å². The van der Waals surface area contributed by atoms with Crippen molar-refractivity contribution < 1.29 is 19.1 Å². The Morgan fingerprint density at radius 2 is 2.04 bits per heavy atom. The summed E-state index contributed by atoms with van der Waals surface area (Å²) in [7, 11) is 1.56. The minimum atomic E-state index is -0.383. The van der Waals surface area contributed by atoms with Crippen LogP contribution >= 0.6 is 34.8 Å². The number of halogens is 1. The standard InChI is InChI=1S/C14H18IN3O4S/c1-3-22-7-6-12(19)17-18-14(23)16-13(20)9-4-5-11(21-2)10(15)8-9/h4-5,8H,3,6-7H2,1-2H3,(H,17,19)(H2,16,18,20,23). The molecule has 0 fully saturated rings. The number of thiocarbonyl (C=S) groups is 1. The SMILES string of the molecule is CCOCCC(=O)NNC(=S)NC(=O)c1ccc(OC)c(I)c1. The Bertz CT molecular complexity index is 583. The van der Waals surface area contributed by atoms with Gasteiger partial charge in [0.2, 0.25) is 5.91 Å². The minimum absolute atomic E-state index is 0.00517. The van der Waals surface area contributed by atoms with E-state index in [-0.39, 0.29) is 23.3 Å². The van der Waals surface area contributed by atoms with Crippen LogP contribution in [0.15, 0.2) is 18.2 Å². The summed E-state index contributed by atoms with van der Waals surface area (Å²) >= 11 is 7.02. The maximum absolute atomic E-state index is 12.0. The maximum Gasteiger partial charge on any atom is 0.257 e. The predicted molar refractivity (Wildman–Crippen MR) is 98.2 cm³/mol. The molecule has 3 N–H and O–H groups in total. The smallest absolute Gasteiger partial charge is 0.257 e. The second kappa shape index (κ2) is 10.3. The van der Waals surface area contributed by atoms with Crippen LogP contribution in [-0.2, 0) is 9.53 Å². The summed E-state index contributed by atoms with van der Waals surface area (Å²) < 4.78 is 11.0. The fraction of sp³-hybridized carbons (Fsp3) is 0.357. The highest BCUT2D eigenvalue weighted by Crippen LogP contribution is 2.21. The molecule has 0 saturated heterocycles. The van der Waals surface area contributed by atoms with Gasteiger partial charge < -0.3 is 9.47 Å². The van der Waals surface area contributed by atoms with Gasteiger partial charge in [-0.2, -0.15) is 0 Å². The zero-order valence-corrected chi connectivity index (χ0v) is 15.7. The lowest BCUT2D eigenvalue weighted by Crippen LogP contribution is -2.48. The molecule has 0 bridgehead atoms. The molecule has 0 aliphatic carbocycles. The Morgan fingerprint density at radius 1 is 1.30 bits per heavy atom. The summed E-state index contributed by atoms with van der Waals surface area (Å²) in [4.78, 5) is 23.5. The number of ether oxygens (including phenoxy) is 2. The van der Waals surface area contributed by atoms with E-state index < -0.39 is 0 Å². The van der Waals surface area contributed by atoms with Crippen LogP contribution in [0.3, 0.4) is 0 Å². The Labute approximate surface area is 153 Å². The number of carbonyl (C=O) groups is 2. The molecule has 0 atom stereocenters. The van der Waals surface area contributed by atoms with Crippen molar-refractivity contribution in [1.82, 2.24) is 16.2 Å². The van der Waals surface area contributed by atoms with Crippen molar-refractivity contribution >= 4 is 51.7 Å². The van der Waals surface area contributed by atoms with Crippen LogP contribution in [0.25, 0.3) is 0 Å². The van der Waals surface area contributed by atoms with E-state index in [0.29, 0.717) is 24.5 Å². The molecule has 0 aliphatic rings. The second-order valence-electron chi connectivity index (χ2n) is 4.25. The highest BCUT2D eigenvalue weighted by atomic mass is 127. The van der Waals surface area contributed by atoms with Gasteiger partial charge in [0.15, 0.2) is 5.11 Å². The van der Waals surface area contributed by atoms with E-state index >= 15 is 0 Å². The molecule has 1 rings (SSSR count). The molecule has 0 aromatic heterocycles. The summed E-state index contributed by atoms with van der Waals surface area (Å²) in [5, 5.41) is 2.48. The third-order valence-electron chi connectivity index (χ3n) is 2.63. The van der Waals surface area contributed by atoms with E-state index in [1.165, 1.54) is 0 Å². The first kappa shape index (κ1) is 19.6. The van der Waals surface area contributed by atoms with Gasteiger partial charge in [-0.3, -0.25) is 25.8 Å². The number of carbonyl (C=O) groups excluding carboxylic acids is 2. The first-order chi connectivity index (χ1) is 11.0. The van der Waals surface area contributed by atoms with Gasteiger partial charge in [-0.1, -0.05) is 0 Å². The second-order valence-corrected chi connectivity index (χ2v) is 5.82. The van der Waals surface area contributed by atoms with Crippen LogP contribution in [-0.4, -0.2) is 37.3 Å². The Morgan fingerprint density at radius 3 is 2.65 bits per heavy atom. The largest absolute Gasteiger partial charge is 0.496 e. The fourth-order valence-electron chi connectivity index (χ4n) is 1.51. The molecule has 0 radical (unpaired) electrons. The molecule has 2 amide bonds. The summed E-state index contributed by atoms with van der Waals surface area (Å²) in [6, 6.07) is 5.00. The third-order valence-corrected chi connectivity index (χ3v) is 3.68. The number of rotatable bonds is 6. The van der Waals surface area contributed by atoms with Crippen LogP contribution in [0.2, 0.25) is 0 Å². The molecule has 9 heteroatoms. The van der Waals surface area contributed by atoms with Crippen molar-refractivity contribution in [2.24, 2.45) is 0 Å². The van der Waals surface area contributed by atoms with E-state index in [2.05, 4.69) is 38.8 Å². The summed E-state index contributed by atoms with van der Waals surface area (Å²) in [6.07, 6.45) is 0.202. The Balaban J connectivity index is 2.43. The molecule has 0 heterocycles. The van der Waals surface area contributed by atoms with Crippen molar-refractivity contribution in [3.8, 4) is 5.75 Å². The molecular weight excluding hydrogens is 433 g/mol. The van der Waals surface area contributed by atoms with Crippen molar-refractivity contribution in [1.29, 1.82) is 0 Å². The van der Waals surface area contributed by atoms with Gasteiger partial charge in [0.05, 0.1) is 23.7 Å². The molecular formula is C14H18IN3O4S. The number of nitrogens with one attached hydrogen (secondary N) is 3. The molecule has 0 unspecified atom stereocenters. The summed E-state index contributed by atoms with van der Waals surface area (Å²) in [6.45, 7) is 2.73. The minimum Gasteiger partial charge on any atom is -0.496 e. The van der Waals surface area contributed by atoms with E-state index in [1.807, 2.05) is 6.92 Å². The van der Waals surface area contributed by atoms with Crippen LogP contribution < -0.4 is 20.9 Å².